The highest BCUT2D eigenvalue weighted by molar-refractivity contribution is 7.90. The van der Waals surface area contributed by atoms with Crippen LogP contribution in [-0.2, 0) is 9.84 Å². The minimum atomic E-state index is -2.99. The Balaban J connectivity index is 1.43. The Labute approximate surface area is 215 Å². The predicted molar refractivity (Wildman–Crippen MR) is 144 cm³/mol. The first-order chi connectivity index (χ1) is 17.6. The summed E-state index contributed by atoms with van der Waals surface area (Å²) in [5.41, 5.74) is 2.89. The summed E-state index contributed by atoms with van der Waals surface area (Å²) >= 11 is 0. The molecule has 0 bridgehead atoms. The van der Waals surface area contributed by atoms with Gasteiger partial charge in [-0.2, -0.15) is 0 Å². The second-order valence-corrected chi connectivity index (χ2v) is 12.1. The summed E-state index contributed by atoms with van der Waals surface area (Å²) in [7, 11) is -2.99. The van der Waals surface area contributed by atoms with E-state index in [9.17, 15) is 13.2 Å². The van der Waals surface area contributed by atoms with Crippen LogP contribution in [0.1, 0.15) is 42.8 Å². The number of hydrogen-bond acceptors (Lipinski definition) is 9. The van der Waals surface area contributed by atoms with Crippen LogP contribution in [0.5, 0.6) is 0 Å². The van der Waals surface area contributed by atoms with Crippen molar-refractivity contribution < 1.29 is 17.6 Å². The van der Waals surface area contributed by atoms with Gasteiger partial charge in [0.2, 0.25) is 0 Å². The van der Waals surface area contributed by atoms with Gasteiger partial charge in [0.05, 0.1) is 11.3 Å². The van der Waals surface area contributed by atoms with Crippen LogP contribution in [0.2, 0.25) is 0 Å². The quantitative estimate of drug-likeness (QED) is 0.326. The maximum atomic E-state index is 11.7. The van der Waals surface area contributed by atoms with Gasteiger partial charge < -0.3 is 14.6 Å². The van der Waals surface area contributed by atoms with E-state index in [1.165, 1.54) is 25.0 Å². The molecule has 1 aliphatic heterocycles. The number of carbonyl (C=O) groups is 1. The molecule has 1 N–H and O–H groups in total. The summed E-state index contributed by atoms with van der Waals surface area (Å²) in [6.45, 7) is 7.19. The third-order valence-electron chi connectivity index (χ3n) is 6.49. The first-order valence-corrected chi connectivity index (χ1v) is 14.2. The number of fused-ring (bicyclic) bond motifs is 1. The second kappa shape index (κ2) is 9.59. The lowest BCUT2D eigenvalue weighted by Crippen LogP contribution is -2.49. The van der Waals surface area contributed by atoms with Gasteiger partial charge in [-0.1, -0.05) is 19.9 Å². The van der Waals surface area contributed by atoms with Crippen molar-refractivity contribution in [3.8, 4) is 11.4 Å². The molecule has 37 heavy (non-hydrogen) atoms. The number of benzene rings is 1. The molecule has 0 unspecified atom stereocenters. The summed E-state index contributed by atoms with van der Waals surface area (Å²) in [6.07, 6.45) is 6.26. The fraction of sp³-hybridized carbons (Fsp3) is 0.333. The lowest BCUT2D eigenvalue weighted by molar-refractivity contribution is 0.0987. The third kappa shape index (κ3) is 5.34. The first-order valence-electron chi connectivity index (χ1n) is 12.1. The molecule has 4 aromatic rings. The van der Waals surface area contributed by atoms with E-state index >= 15 is 0 Å². The summed E-state index contributed by atoms with van der Waals surface area (Å²) in [6, 6.07) is 9.66. The zero-order valence-corrected chi connectivity index (χ0v) is 22.0. The zero-order chi connectivity index (χ0) is 26.3. The van der Waals surface area contributed by atoms with E-state index in [-0.39, 0.29) is 23.2 Å². The molecule has 1 saturated heterocycles. The SMILES string of the molecule is CC(=O)c1cc(-c2nccc(Nc3cc4c(C(C)C)ccc(N5CC(CS(C)(=O)=O)C5)c4cn3)n2)co1. The minimum absolute atomic E-state index is 0.150. The summed E-state index contributed by atoms with van der Waals surface area (Å²) < 4.78 is 28.6. The van der Waals surface area contributed by atoms with Gasteiger partial charge in [-0.3, -0.25) is 4.79 Å². The van der Waals surface area contributed by atoms with Crippen LogP contribution in [0.25, 0.3) is 22.2 Å². The molecule has 10 heteroatoms. The lowest BCUT2D eigenvalue weighted by Gasteiger charge is -2.41. The van der Waals surface area contributed by atoms with Crippen LogP contribution in [0, 0.1) is 5.92 Å². The highest BCUT2D eigenvalue weighted by Gasteiger charge is 2.31. The van der Waals surface area contributed by atoms with Crippen LogP contribution in [-0.4, -0.2) is 54.3 Å². The Morgan fingerprint density at radius 3 is 2.59 bits per heavy atom. The van der Waals surface area contributed by atoms with Crippen molar-refractivity contribution in [2.75, 3.05) is 35.3 Å². The molecular formula is C27H29N5O4S. The molecule has 3 aromatic heterocycles. The number of carbonyl (C=O) groups excluding carboxylic acids is 1. The molecule has 0 radical (unpaired) electrons. The third-order valence-corrected chi connectivity index (χ3v) is 7.56. The number of hydrogen-bond donors (Lipinski definition) is 1. The number of anilines is 3. The molecular weight excluding hydrogens is 490 g/mol. The maximum absolute atomic E-state index is 11.7. The molecule has 1 aliphatic rings. The zero-order valence-electron chi connectivity index (χ0n) is 21.2. The number of nitrogens with zero attached hydrogens (tertiary/aromatic N) is 4. The van der Waals surface area contributed by atoms with Crippen LogP contribution < -0.4 is 10.2 Å². The van der Waals surface area contributed by atoms with E-state index in [0.29, 0.717) is 42.0 Å². The van der Waals surface area contributed by atoms with Crippen molar-refractivity contribution in [1.82, 2.24) is 15.0 Å². The first kappa shape index (κ1) is 24.9. The molecule has 0 amide bonds. The van der Waals surface area contributed by atoms with E-state index in [2.05, 4.69) is 51.1 Å². The predicted octanol–water partition coefficient (Wildman–Crippen LogP) is 4.84. The average molecular weight is 520 g/mol. The molecule has 9 nitrogen and oxygen atoms in total. The Hall–Kier alpha value is -3.79. The van der Waals surface area contributed by atoms with Crippen molar-refractivity contribution in [3.63, 3.8) is 0 Å². The Kier molecular flexibility index (Phi) is 6.45. The Morgan fingerprint density at radius 1 is 1.14 bits per heavy atom. The number of Topliss-reactive ketones (excluding diaryl/α,β-unsaturated/α-hetero) is 1. The molecule has 0 atom stereocenters. The Morgan fingerprint density at radius 2 is 1.92 bits per heavy atom. The van der Waals surface area contributed by atoms with E-state index in [0.717, 1.165) is 16.5 Å². The van der Waals surface area contributed by atoms with Crippen LogP contribution in [0.4, 0.5) is 17.3 Å². The number of pyridine rings is 1. The van der Waals surface area contributed by atoms with Crippen LogP contribution in [0.15, 0.2) is 53.4 Å². The number of ketones is 1. The van der Waals surface area contributed by atoms with E-state index < -0.39 is 9.84 Å². The van der Waals surface area contributed by atoms with Gasteiger partial charge in [-0.15, -0.1) is 0 Å². The largest absolute Gasteiger partial charge is 0.460 e. The summed E-state index contributed by atoms with van der Waals surface area (Å²) in [4.78, 5) is 27.3. The van der Waals surface area contributed by atoms with E-state index in [1.54, 1.807) is 18.3 Å². The van der Waals surface area contributed by atoms with Gasteiger partial charge in [-0.05, 0) is 41.1 Å². The molecule has 1 aromatic carbocycles. The van der Waals surface area contributed by atoms with Crippen LogP contribution in [0.3, 0.4) is 0 Å². The molecule has 192 valence electrons. The average Bonchev–Trinajstić information content (AvgIpc) is 3.31. The minimum Gasteiger partial charge on any atom is -0.460 e. The number of nitrogens with one attached hydrogen (secondary N) is 1. The van der Waals surface area contributed by atoms with E-state index in [4.69, 9.17) is 4.42 Å². The molecule has 0 saturated carbocycles. The van der Waals surface area contributed by atoms with Gasteiger partial charge >= 0.3 is 0 Å². The van der Waals surface area contributed by atoms with Gasteiger partial charge in [0.25, 0.3) is 0 Å². The molecule has 1 fully saturated rings. The van der Waals surface area contributed by atoms with Crippen molar-refractivity contribution in [3.05, 3.63) is 60.3 Å². The second-order valence-electron chi connectivity index (χ2n) is 9.95. The smallest absolute Gasteiger partial charge is 0.194 e. The van der Waals surface area contributed by atoms with Gasteiger partial charge in [-0.25, -0.2) is 23.4 Å². The highest BCUT2D eigenvalue weighted by Crippen LogP contribution is 2.37. The number of aromatic nitrogens is 3. The lowest BCUT2D eigenvalue weighted by atomic mass is 9.93. The summed E-state index contributed by atoms with van der Waals surface area (Å²) in [5.74, 6) is 2.42. The standard InChI is InChI=1S/C27H29N5O4S/c1-16(2)20-5-6-23(32-12-18(13-32)15-37(4,34)35)22-11-29-26(10-21(20)22)30-25-7-8-28-27(31-25)19-9-24(17(3)33)36-14-19/h5-11,14,16,18H,12-13,15H2,1-4H3,(H,28,29,30,31). The van der Waals surface area contributed by atoms with Crippen molar-refractivity contribution >= 4 is 43.7 Å². The topological polar surface area (TPSA) is 118 Å². The normalized spacial score (nSPS) is 14.2. The number of sulfone groups is 1. The monoisotopic (exact) mass is 519 g/mol. The van der Waals surface area contributed by atoms with Gasteiger partial charge in [0.1, 0.15) is 27.7 Å². The van der Waals surface area contributed by atoms with Gasteiger partial charge in [0, 0.05) is 55.7 Å². The molecule has 4 heterocycles. The number of furan rings is 1. The van der Waals surface area contributed by atoms with Crippen molar-refractivity contribution in [1.29, 1.82) is 0 Å². The fourth-order valence-corrected chi connectivity index (χ4v) is 5.80. The van der Waals surface area contributed by atoms with Crippen LogP contribution >= 0.6 is 0 Å². The molecule has 0 aliphatic carbocycles. The maximum Gasteiger partial charge on any atom is 0.194 e. The summed E-state index contributed by atoms with van der Waals surface area (Å²) in [5, 5.41) is 5.40. The molecule has 0 spiro atoms. The fourth-order valence-electron chi connectivity index (χ4n) is 4.73. The van der Waals surface area contributed by atoms with Gasteiger partial charge in [0.15, 0.2) is 17.4 Å². The Bertz CT molecular complexity index is 1590. The number of rotatable bonds is 8. The van der Waals surface area contributed by atoms with Crippen molar-refractivity contribution in [2.24, 2.45) is 5.92 Å². The molecule has 5 rings (SSSR count). The highest BCUT2D eigenvalue weighted by atomic mass is 32.2. The van der Waals surface area contributed by atoms with Crippen molar-refractivity contribution in [2.45, 2.75) is 26.7 Å². The van der Waals surface area contributed by atoms with E-state index in [1.807, 2.05) is 12.3 Å².